The van der Waals surface area contributed by atoms with E-state index in [2.05, 4.69) is 243 Å². The van der Waals surface area contributed by atoms with Crippen LogP contribution in [0.2, 0.25) is 0 Å². The second-order valence-corrected chi connectivity index (χ2v) is 23.4. The summed E-state index contributed by atoms with van der Waals surface area (Å²) in [6.45, 7) is 2.85. The van der Waals surface area contributed by atoms with Gasteiger partial charge in [0, 0.05) is 71.1 Å². The van der Waals surface area contributed by atoms with Crippen LogP contribution in [0.25, 0.3) is 162 Å². The number of rotatable bonds is 1. The number of aliphatic hydroxyl groups excluding tert-OH is 1. The Morgan fingerprint density at radius 1 is 0.273 bits per heavy atom. The molecular weight excluding hydrogens is 1570 g/mol. The van der Waals surface area contributed by atoms with E-state index < -0.39 is 0 Å². The van der Waals surface area contributed by atoms with E-state index in [0.29, 0.717) is 0 Å². The van der Waals surface area contributed by atoms with Gasteiger partial charge >= 0.3 is 0 Å². The van der Waals surface area contributed by atoms with Crippen LogP contribution in [0.5, 0.6) is 0 Å². The molecule has 0 spiro atoms. The van der Waals surface area contributed by atoms with Crippen LogP contribution in [0.1, 0.15) is 13.8 Å². The number of pyridine rings is 5. The Labute approximate surface area is 598 Å². The van der Waals surface area contributed by atoms with Gasteiger partial charge in [-0.25, -0.2) is 0 Å². The number of allylic oxidation sites excluding steroid dienone is 2. The summed E-state index contributed by atoms with van der Waals surface area (Å²) >= 11 is 0. The summed E-state index contributed by atoms with van der Waals surface area (Å²) in [6, 6.07) is 110. The van der Waals surface area contributed by atoms with Gasteiger partial charge in [0.1, 0.15) is 0 Å². The van der Waals surface area contributed by atoms with Gasteiger partial charge in [0.05, 0.1) is 5.76 Å². The van der Waals surface area contributed by atoms with E-state index in [1.807, 2.05) is 116 Å². The van der Waals surface area contributed by atoms with Crippen molar-refractivity contribution in [2.45, 2.75) is 13.8 Å². The summed E-state index contributed by atoms with van der Waals surface area (Å²) in [7, 11) is 0. The molecule has 99 heavy (non-hydrogen) atoms. The molecule has 0 amide bonds. The standard InChI is InChI=1S/4C17H10N.C17H9N.C5H8O2.2Ir/c5*1-2-7-14-12(6-1)13-8-3-4-9-15(13)17-16(14)10-5-11-18-17;1-4(6)3-5(2)7;;/h4*1-8,10-11H;1-8,10H;3,6H,1-2H3;;/q4*-1;-2;;;. The Morgan fingerprint density at radius 2 is 0.485 bits per heavy atom. The van der Waals surface area contributed by atoms with E-state index in [1.165, 1.54) is 128 Å². The zero-order valence-corrected chi connectivity index (χ0v) is 58.4. The number of nitrogens with zero attached hydrogens (tertiary/aromatic N) is 5. The van der Waals surface area contributed by atoms with Crippen molar-refractivity contribution in [3.05, 3.63) is 346 Å². The maximum atomic E-state index is 10.0. The molecule has 15 aromatic carbocycles. The molecule has 9 heteroatoms. The van der Waals surface area contributed by atoms with Gasteiger partial charge in [-0.3, -0.25) is 4.79 Å². The van der Waals surface area contributed by atoms with Crippen molar-refractivity contribution in [3.8, 4) is 0 Å². The predicted molar refractivity (Wildman–Crippen MR) is 404 cm³/mol. The number of aliphatic hydroxyl groups is 1. The van der Waals surface area contributed by atoms with Crippen molar-refractivity contribution in [3.63, 3.8) is 0 Å². The topological polar surface area (TPSA) is 102 Å². The van der Waals surface area contributed by atoms with Gasteiger partial charge in [-0.2, -0.15) is 12.1 Å². The first-order valence-electron chi connectivity index (χ1n) is 32.0. The third-order valence-electron chi connectivity index (χ3n) is 17.4. The fourth-order valence-corrected chi connectivity index (χ4v) is 13.4. The molecule has 478 valence electrons. The average Bonchev–Trinajstić information content (AvgIpc) is 0.792. The second-order valence-electron chi connectivity index (χ2n) is 23.4. The fourth-order valence-electron chi connectivity index (χ4n) is 13.4. The summed E-state index contributed by atoms with van der Waals surface area (Å²) < 4.78 is 0. The molecule has 7 nitrogen and oxygen atoms in total. The van der Waals surface area contributed by atoms with Crippen LogP contribution in [-0.4, -0.2) is 35.8 Å². The quantitative estimate of drug-likeness (QED) is 0.0756. The van der Waals surface area contributed by atoms with Crippen molar-refractivity contribution in [2.24, 2.45) is 0 Å². The fraction of sp³-hybridized carbons (Fsp3) is 0.0222. The molecule has 0 saturated carbocycles. The Morgan fingerprint density at radius 3 is 0.717 bits per heavy atom. The number of ketones is 1. The Kier molecular flexibility index (Phi) is 19.9. The van der Waals surface area contributed by atoms with Crippen molar-refractivity contribution in [2.75, 3.05) is 0 Å². The molecule has 1 N–H and O–H groups in total. The molecule has 0 aliphatic rings. The summed E-state index contributed by atoms with van der Waals surface area (Å²) in [5, 5.41) is 38.5. The number of fused-ring (bicyclic) bond motifs is 30. The van der Waals surface area contributed by atoms with Gasteiger partial charge < -0.3 is 30.0 Å². The minimum atomic E-state index is -0.125. The van der Waals surface area contributed by atoms with Crippen molar-refractivity contribution in [1.82, 2.24) is 24.9 Å². The predicted octanol–water partition coefficient (Wildman–Crippen LogP) is 22.5. The van der Waals surface area contributed by atoms with E-state index in [1.54, 1.807) is 0 Å². The first kappa shape index (κ1) is 66.1. The van der Waals surface area contributed by atoms with E-state index in [-0.39, 0.29) is 51.8 Å². The van der Waals surface area contributed by atoms with Crippen LogP contribution in [0.4, 0.5) is 0 Å². The minimum absolute atomic E-state index is 0. The average molecular weight is 1620 g/mol. The monoisotopic (exact) mass is 1630 g/mol. The van der Waals surface area contributed by atoms with Gasteiger partial charge in [0.2, 0.25) is 0 Å². The Bertz CT molecular complexity index is 4460. The minimum Gasteiger partial charge on any atom is -0.512 e. The Balaban J connectivity index is 0.000000108. The van der Waals surface area contributed by atoms with Crippen molar-refractivity contribution in [1.29, 1.82) is 0 Å². The summed E-state index contributed by atoms with van der Waals surface area (Å²) in [5.41, 5.74) is 5.11. The molecule has 5 heterocycles. The molecule has 0 fully saturated rings. The van der Waals surface area contributed by atoms with E-state index in [9.17, 15) is 4.79 Å². The van der Waals surface area contributed by atoms with E-state index in [4.69, 9.17) is 5.11 Å². The normalized spacial score (nSPS) is 11.1. The molecule has 0 bridgehead atoms. The molecule has 0 saturated heterocycles. The van der Waals surface area contributed by atoms with Gasteiger partial charge in [-0.05, 0) is 114 Å². The zero-order valence-electron chi connectivity index (χ0n) is 53.6. The third kappa shape index (κ3) is 13.0. The summed E-state index contributed by atoms with van der Waals surface area (Å²) in [4.78, 5) is 32.5. The van der Waals surface area contributed by atoms with Gasteiger partial charge in [-0.1, -0.05) is 211 Å². The van der Waals surface area contributed by atoms with Crippen LogP contribution in [0, 0.1) is 36.5 Å². The first-order chi connectivity index (χ1) is 47.9. The maximum absolute atomic E-state index is 10.0. The largest absolute Gasteiger partial charge is 0.512 e. The molecule has 0 unspecified atom stereocenters. The summed E-state index contributed by atoms with van der Waals surface area (Å²) in [6.07, 6.45) is 11.5. The summed E-state index contributed by atoms with van der Waals surface area (Å²) in [5.74, 6) is -0.0625. The van der Waals surface area contributed by atoms with Gasteiger partial charge in [-0.15, -0.1) is 148 Å². The molecule has 0 atom stereocenters. The molecule has 0 aliphatic heterocycles. The van der Waals surface area contributed by atoms with Gasteiger partial charge in [0.25, 0.3) is 0 Å². The molecular formula is C90H57Ir2N5O2-6. The van der Waals surface area contributed by atoms with Crippen LogP contribution in [0.15, 0.2) is 310 Å². The van der Waals surface area contributed by atoms with Crippen LogP contribution in [-0.2, 0) is 45.0 Å². The maximum Gasteiger partial charge on any atom is 0.155 e. The van der Waals surface area contributed by atoms with Crippen molar-refractivity contribution < 1.29 is 50.1 Å². The molecule has 2 radical (unpaired) electrons. The van der Waals surface area contributed by atoms with E-state index in [0.717, 1.165) is 54.5 Å². The Hall–Kier alpha value is -11.5. The number of benzene rings is 15. The zero-order chi connectivity index (χ0) is 65.6. The van der Waals surface area contributed by atoms with Gasteiger partial charge in [0.15, 0.2) is 5.78 Å². The van der Waals surface area contributed by atoms with Crippen LogP contribution in [0.3, 0.4) is 0 Å². The number of hydrogen-bond donors (Lipinski definition) is 1. The first-order valence-corrected chi connectivity index (χ1v) is 32.0. The second kappa shape index (κ2) is 29.8. The number of carbonyl (C=O) groups excluding carboxylic acids is 1. The molecule has 0 aliphatic carbocycles. The van der Waals surface area contributed by atoms with Crippen LogP contribution >= 0.6 is 0 Å². The molecule has 20 rings (SSSR count). The smallest absolute Gasteiger partial charge is 0.155 e. The van der Waals surface area contributed by atoms with E-state index >= 15 is 0 Å². The molecule has 5 aromatic heterocycles. The third-order valence-corrected chi connectivity index (χ3v) is 17.4. The number of aromatic nitrogens is 5. The molecule has 20 aromatic rings. The van der Waals surface area contributed by atoms with Crippen LogP contribution < -0.4 is 0 Å². The number of hydrogen-bond acceptors (Lipinski definition) is 7. The number of carbonyl (C=O) groups is 1. The SMILES string of the molecule is CC(=O)C=C(C)O.[Ir].[Ir].[c-]1ccc2c3ccccc3c3ccc[c-]c3c2n1.[c-]1cccc2c1c1ncccc1c1ccccc21.[c-]1cccc2c1c1ncccc1c1ccccc21.[c-]1cccc2c1c1ncccc1c1ccccc21.[c-]1cccc2c1c1ncccc1c1ccccc21. The van der Waals surface area contributed by atoms with Crippen molar-refractivity contribution >= 4 is 168 Å².